The van der Waals surface area contributed by atoms with Gasteiger partial charge >= 0.3 is 0 Å². The van der Waals surface area contributed by atoms with Crippen molar-refractivity contribution < 1.29 is 0 Å². The fraction of sp³-hybridized carbons (Fsp3) is 0.0968. The highest BCUT2D eigenvalue weighted by atomic mass is 14.9. The van der Waals surface area contributed by atoms with Crippen molar-refractivity contribution >= 4 is 33.5 Å². The summed E-state index contributed by atoms with van der Waals surface area (Å²) in [7, 11) is 0. The number of anilines is 4. The van der Waals surface area contributed by atoms with E-state index in [0.717, 1.165) is 22.7 Å². The average Bonchev–Trinajstić information content (AvgIpc) is 3.07. The molecule has 2 nitrogen and oxygen atoms in total. The van der Waals surface area contributed by atoms with Gasteiger partial charge in [0, 0.05) is 33.6 Å². The standard InChI is InChI=1S/C31H26N2/c1-31(2)27-19-23(32-21-11-5-3-6-12-21)17-18-26(27)30-25-16-10-9-15-24(25)29(20-28(30)31)33-22-13-7-4-8-14-22/h3-20,32-33H,1-2H3. The second kappa shape index (κ2) is 7.53. The third-order valence-corrected chi connectivity index (χ3v) is 6.80. The van der Waals surface area contributed by atoms with Gasteiger partial charge in [-0.25, -0.2) is 0 Å². The molecule has 0 aliphatic heterocycles. The molecule has 33 heavy (non-hydrogen) atoms. The van der Waals surface area contributed by atoms with E-state index in [-0.39, 0.29) is 5.41 Å². The summed E-state index contributed by atoms with van der Waals surface area (Å²) in [5.74, 6) is 0. The van der Waals surface area contributed by atoms with Crippen LogP contribution in [0.5, 0.6) is 0 Å². The van der Waals surface area contributed by atoms with E-state index >= 15 is 0 Å². The first-order valence-electron chi connectivity index (χ1n) is 11.5. The van der Waals surface area contributed by atoms with E-state index in [0.29, 0.717) is 0 Å². The number of hydrogen-bond donors (Lipinski definition) is 2. The van der Waals surface area contributed by atoms with Gasteiger partial charge < -0.3 is 10.6 Å². The lowest BCUT2D eigenvalue weighted by Gasteiger charge is -2.23. The molecule has 160 valence electrons. The first-order chi connectivity index (χ1) is 16.1. The van der Waals surface area contributed by atoms with Gasteiger partial charge in [0.05, 0.1) is 0 Å². The Labute approximate surface area is 194 Å². The van der Waals surface area contributed by atoms with Gasteiger partial charge in [-0.2, -0.15) is 0 Å². The molecule has 1 aliphatic rings. The summed E-state index contributed by atoms with van der Waals surface area (Å²) in [6.07, 6.45) is 0. The Kier molecular flexibility index (Phi) is 4.48. The number of hydrogen-bond acceptors (Lipinski definition) is 2. The van der Waals surface area contributed by atoms with Gasteiger partial charge in [0.25, 0.3) is 0 Å². The summed E-state index contributed by atoms with van der Waals surface area (Å²) in [4.78, 5) is 0. The fourth-order valence-corrected chi connectivity index (χ4v) is 5.13. The molecule has 0 bridgehead atoms. The first-order valence-corrected chi connectivity index (χ1v) is 11.5. The zero-order valence-electron chi connectivity index (χ0n) is 18.9. The van der Waals surface area contributed by atoms with Crippen LogP contribution in [0.1, 0.15) is 25.0 Å². The number of fused-ring (bicyclic) bond motifs is 5. The highest BCUT2D eigenvalue weighted by molar-refractivity contribution is 6.08. The minimum atomic E-state index is -0.101. The van der Waals surface area contributed by atoms with Crippen LogP contribution in [0.4, 0.5) is 22.7 Å². The second-order valence-corrected chi connectivity index (χ2v) is 9.26. The molecule has 0 heterocycles. The van der Waals surface area contributed by atoms with E-state index < -0.39 is 0 Å². The number of nitrogens with one attached hydrogen (secondary N) is 2. The smallest absolute Gasteiger partial charge is 0.0467 e. The Morgan fingerprint density at radius 1 is 0.515 bits per heavy atom. The van der Waals surface area contributed by atoms with Crippen molar-refractivity contribution in [3.63, 3.8) is 0 Å². The first kappa shape index (κ1) is 19.6. The van der Waals surface area contributed by atoms with Gasteiger partial charge in [0.1, 0.15) is 0 Å². The van der Waals surface area contributed by atoms with Crippen LogP contribution < -0.4 is 10.6 Å². The molecule has 0 fully saturated rings. The van der Waals surface area contributed by atoms with E-state index in [1.165, 1.54) is 33.0 Å². The van der Waals surface area contributed by atoms with Gasteiger partial charge in [-0.1, -0.05) is 80.6 Å². The maximum Gasteiger partial charge on any atom is 0.0467 e. The predicted octanol–water partition coefficient (Wildman–Crippen LogP) is 8.63. The highest BCUT2D eigenvalue weighted by Crippen LogP contribution is 2.53. The van der Waals surface area contributed by atoms with Crippen molar-refractivity contribution in [3.8, 4) is 11.1 Å². The molecule has 0 aromatic heterocycles. The zero-order valence-corrected chi connectivity index (χ0v) is 18.9. The highest BCUT2D eigenvalue weighted by Gasteiger charge is 2.37. The van der Waals surface area contributed by atoms with Crippen LogP contribution in [0.25, 0.3) is 21.9 Å². The Morgan fingerprint density at radius 3 is 1.82 bits per heavy atom. The summed E-state index contributed by atoms with van der Waals surface area (Å²) in [6.45, 7) is 4.68. The molecule has 0 saturated carbocycles. The van der Waals surface area contributed by atoms with Gasteiger partial charge in [0.15, 0.2) is 0 Å². The monoisotopic (exact) mass is 426 g/mol. The third kappa shape index (κ3) is 3.27. The average molecular weight is 427 g/mol. The zero-order chi connectivity index (χ0) is 22.4. The summed E-state index contributed by atoms with van der Waals surface area (Å²) < 4.78 is 0. The van der Waals surface area contributed by atoms with Crippen molar-refractivity contribution in [2.75, 3.05) is 10.6 Å². The van der Waals surface area contributed by atoms with E-state index in [9.17, 15) is 0 Å². The normalized spacial score (nSPS) is 13.4. The van der Waals surface area contributed by atoms with Crippen LogP contribution in [-0.4, -0.2) is 0 Å². The van der Waals surface area contributed by atoms with Crippen LogP contribution in [0, 0.1) is 0 Å². The maximum absolute atomic E-state index is 3.67. The molecule has 0 unspecified atom stereocenters. The SMILES string of the molecule is CC1(C)c2cc(Nc3ccccc3)ccc2-c2c1cc(Nc1ccccc1)c1ccccc21. The van der Waals surface area contributed by atoms with E-state index in [2.05, 4.69) is 122 Å². The molecule has 2 N–H and O–H groups in total. The molecule has 0 saturated heterocycles. The fourth-order valence-electron chi connectivity index (χ4n) is 5.13. The van der Waals surface area contributed by atoms with Crippen molar-refractivity contribution in [3.05, 3.63) is 120 Å². The van der Waals surface area contributed by atoms with E-state index in [1.54, 1.807) is 0 Å². The molecule has 2 heteroatoms. The molecule has 0 radical (unpaired) electrons. The topological polar surface area (TPSA) is 24.1 Å². The van der Waals surface area contributed by atoms with E-state index in [4.69, 9.17) is 0 Å². The Bertz CT molecular complexity index is 1470. The lowest BCUT2D eigenvalue weighted by atomic mass is 9.81. The maximum atomic E-state index is 3.67. The van der Waals surface area contributed by atoms with Gasteiger partial charge in [-0.3, -0.25) is 0 Å². The summed E-state index contributed by atoms with van der Waals surface area (Å²) >= 11 is 0. The molecule has 6 rings (SSSR count). The lowest BCUT2D eigenvalue weighted by Crippen LogP contribution is -2.15. The Hall–Kier alpha value is -4.04. The molecule has 0 atom stereocenters. The van der Waals surface area contributed by atoms with Gasteiger partial charge in [-0.15, -0.1) is 0 Å². The van der Waals surface area contributed by atoms with Crippen molar-refractivity contribution in [1.29, 1.82) is 0 Å². The lowest BCUT2D eigenvalue weighted by molar-refractivity contribution is 0.661. The minimum Gasteiger partial charge on any atom is -0.356 e. The predicted molar refractivity (Wildman–Crippen MR) is 141 cm³/mol. The molecule has 0 amide bonds. The van der Waals surface area contributed by atoms with Crippen molar-refractivity contribution in [1.82, 2.24) is 0 Å². The Balaban J connectivity index is 1.51. The molecular formula is C31H26N2. The Morgan fingerprint density at radius 2 is 1.12 bits per heavy atom. The molecule has 5 aromatic carbocycles. The number of benzene rings is 5. The molecule has 0 spiro atoms. The summed E-state index contributed by atoms with van der Waals surface area (Å²) in [5, 5.41) is 9.78. The molecular weight excluding hydrogens is 400 g/mol. The van der Waals surface area contributed by atoms with Gasteiger partial charge in [0.2, 0.25) is 0 Å². The van der Waals surface area contributed by atoms with Crippen molar-refractivity contribution in [2.24, 2.45) is 0 Å². The number of para-hydroxylation sites is 2. The quantitative estimate of drug-likeness (QED) is 0.300. The molecule has 5 aromatic rings. The van der Waals surface area contributed by atoms with Crippen LogP contribution >= 0.6 is 0 Å². The van der Waals surface area contributed by atoms with Crippen molar-refractivity contribution in [2.45, 2.75) is 19.3 Å². The van der Waals surface area contributed by atoms with Crippen LogP contribution in [0.3, 0.4) is 0 Å². The molecule has 1 aliphatic carbocycles. The van der Waals surface area contributed by atoms with E-state index in [1.807, 2.05) is 12.1 Å². The minimum absolute atomic E-state index is 0.101. The van der Waals surface area contributed by atoms with Crippen LogP contribution in [0.15, 0.2) is 109 Å². The summed E-state index contributed by atoms with van der Waals surface area (Å²) in [6, 6.07) is 38.7. The summed E-state index contributed by atoms with van der Waals surface area (Å²) in [5.41, 5.74) is 9.79. The second-order valence-electron chi connectivity index (χ2n) is 9.26. The van der Waals surface area contributed by atoms with Crippen LogP contribution in [-0.2, 0) is 5.41 Å². The third-order valence-electron chi connectivity index (χ3n) is 6.80. The van der Waals surface area contributed by atoms with Crippen LogP contribution in [0.2, 0.25) is 0 Å². The largest absolute Gasteiger partial charge is 0.356 e. The van der Waals surface area contributed by atoms with Gasteiger partial charge in [-0.05, 0) is 70.1 Å². The number of rotatable bonds is 4.